The van der Waals surface area contributed by atoms with Gasteiger partial charge in [0.1, 0.15) is 4.21 Å². The second kappa shape index (κ2) is 5.38. The normalized spacial score (nSPS) is 28.7. The molecule has 2 unspecified atom stereocenters. The Balaban J connectivity index is 1.84. The van der Waals surface area contributed by atoms with Gasteiger partial charge in [-0.2, -0.15) is 4.31 Å². The van der Waals surface area contributed by atoms with Crippen molar-refractivity contribution in [2.45, 2.75) is 42.2 Å². The second-order valence-electron chi connectivity index (χ2n) is 5.63. The van der Waals surface area contributed by atoms with Crippen LogP contribution in [0.5, 0.6) is 0 Å². The first kappa shape index (κ1) is 14.5. The minimum Gasteiger partial charge on any atom is -0.392 e. The predicted octanol–water partition coefficient (Wildman–Crippen LogP) is 1.10. The number of hydrogen-bond donors (Lipinski definition) is 1. The summed E-state index contributed by atoms with van der Waals surface area (Å²) in [7, 11) is -1.30. The number of sulfonamides is 1. The highest BCUT2D eigenvalue weighted by Crippen LogP contribution is 2.32. The van der Waals surface area contributed by atoms with Crippen LogP contribution < -0.4 is 0 Å². The van der Waals surface area contributed by atoms with Gasteiger partial charge < -0.3 is 5.11 Å². The lowest BCUT2D eigenvalue weighted by molar-refractivity contribution is 0.247. The van der Waals surface area contributed by atoms with Gasteiger partial charge in [-0.25, -0.2) is 8.42 Å². The molecule has 1 aromatic heterocycles. The molecule has 2 aliphatic rings. The molecule has 3 rings (SSSR count). The summed E-state index contributed by atoms with van der Waals surface area (Å²) in [5, 5.41) is 10.8. The highest BCUT2D eigenvalue weighted by atomic mass is 32.2. The van der Waals surface area contributed by atoms with Crippen LogP contribution in [0.4, 0.5) is 0 Å². The first-order valence-electron chi connectivity index (χ1n) is 6.92. The van der Waals surface area contributed by atoms with Gasteiger partial charge in [0, 0.05) is 25.2 Å². The highest BCUT2D eigenvalue weighted by molar-refractivity contribution is 7.91. The molecule has 0 aromatic carbocycles. The standard InChI is InChI=1S/C13H20N2O3S2/c1-14-11-2-3-12(14)7-15(5-4-11)20(17,18)13-6-10(8-16)9-19-13/h6,9,11-12,16H,2-5,7-8H2,1H3. The molecule has 2 aliphatic heterocycles. The summed E-state index contributed by atoms with van der Waals surface area (Å²) >= 11 is 1.20. The third-order valence-corrected chi connectivity index (χ3v) is 7.85. The molecule has 2 atom stereocenters. The van der Waals surface area contributed by atoms with Crippen LogP contribution in [0.15, 0.2) is 15.7 Å². The van der Waals surface area contributed by atoms with Crippen molar-refractivity contribution in [2.75, 3.05) is 20.1 Å². The summed E-state index contributed by atoms with van der Waals surface area (Å²) in [6, 6.07) is 2.46. The molecule has 112 valence electrons. The van der Waals surface area contributed by atoms with E-state index >= 15 is 0 Å². The topological polar surface area (TPSA) is 60.9 Å². The largest absolute Gasteiger partial charge is 0.392 e. The molecular formula is C13H20N2O3S2. The number of nitrogens with zero attached hydrogens (tertiary/aromatic N) is 2. The minimum absolute atomic E-state index is 0.112. The molecule has 1 aromatic rings. The molecule has 0 radical (unpaired) electrons. The number of fused-ring (bicyclic) bond motifs is 2. The molecule has 1 N–H and O–H groups in total. The lowest BCUT2D eigenvalue weighted by Crippen LogP contribution is -2.39. The van der Waals surface area contributed by atoms with E-state index < -0.39 is 10.0 Å². The zero-order valence-corrected chi connectivity index (χ0v) is 13.2. The van der Waals surface area contributed by atoms with Gasteiger partial charge in [0.25, 0.3) is 10.0 Å². The Labute approximate surface area is 123 Å². The Hall–Kier alpha value is -0.470. The fraction of sp³-hybridized carbons (Fsp3) is 0.692. The average Bonchev–Trinajstić information content (AvgIpc) is 2.95. The molecule has 0 amide bonds. The highest BCUT2D eigenvalue weighted by Gasteiger charge is 2.38. The fourth-order valence-corrected chi connectivity index (χ4v) is 6.04. The monoisotopic (exact) mass is 316 g/mol. The summed E-state index contributed by atoms with van der Waals surface area (Å²) in [5.74, 6) is 0. The number of thiophene rings is 1. The van der Waals surface area contributed by atoms with Crippen LogP contribution in [-0.4, -0.2) is 55.0 Å². The molecule has 5 nitrogen and oxygen atoms in total. The summed E-state index contributed by atoms with van der Waals surface area (Å²) < 4.78 is 27.4. The van der Waals surface area contributed by atoms with E-state index in [9.17, 15) is 8.42 Å². The van der Waals surface area contributed by atoms with Crippen molar-refractivity contribution in [2.24, 2.45) is 0 Å². The van der Waals surface area contributed by atoms with Crippen molar-refractivity contribution in [3.05, 3.63) is 17.0 Å². The SMILES string of the molecule is CN1C2CCC1CN(S(=O)(=O)c1cc(CO)cs1)CC2. The lowest BCUT2D eigenvalue weighted by Gasteiger charge is -2.24. The van der Waals surface area contributed by atoms with Gasteiger partial charge in [-0.3, -0.25) is 4.90 Å². The van der Waals surface area contributed by atoms with Crippen molar-refractivity contribution in [3.63, 3.8) is 0 Å². The first-order valence-corrected chi connectivity index (χ1v) is 9.24. The summed E-state index contributed by atoms with van der Waals surface area (Å²) in [4.78, 5) is 2.34. The quantitative estimate of drug-likeness (QED) is 0.907. The number of aliphatic hydroxyl groups excluding tert-OH is 1. The molecular weight excluding hydrogens is 296 g/mol. The maximum atomic E-state index is 12.7. The second-order valence-corrected chi connectivity index (χ2v) is 8.71. The van der Waals surface area contributed by atoms with Crippen LogP contribution in [0.25, 0.3) is 0 Å². The third-order valence-electron chi connectivity index (χ3n) is 4.52. The Kier molecular flexibility index (Phi) is 3.89. The van der Waals surface area contributed by atoms with Crippen molar-refractivity contribution in [1.82, 2.24) is 9.21 Å². The molecule has 7 heteroatoms. The fourth-order valence-electron chi connectivity index (χ4n) is 3.19. The van der Waals surface area contributed by atoms with E-state index in [2.05, 4.69) is 11.9 Å². The number of hydrogen-bond acceptors (Lipinski definition) is 5. The third kappa shape index (κ3) is 2.42. The van der Waals surface area contributed by atoms with Gasteiger partial charge in [-0.1, -0.05) is 0 Å². The average molecular weight is 316 g/mol. The van der Waals surface area contributed by atoms with Gasteiger partial charge in [-0.05, 0) is 43.3 Å². The van der Waals surface area contributed by atoms with E-state index in [0.29, 0.717) is 34.9 Å². The molecule has 2 fully saturated rings. The smallest absolute Gasteiger partial charge is 0.252 e. The zero-order valence-electron chi connectivity index (χ0n) is 11.5. The summed E-state index contributed by atoms with van der Waals surface area (Å²) in [5.41, 5.74) is 0.669. The van der Waals surface area contributed by atoms with Crippen molar-refractivity contribution < 1.29 is 13.5 Å². The molecule has 3 heterocycles. The number of likely N-dealkylation sites (N-methyl/N-ethyl adjacent to an activating group) is 1. The summed E-state index contributed by atoms with van der Waals surface area (Å²) in [6.07, 6.45) is 3.17. The number of aliphatic hydroxyl groups is 1. The van der Waals surface area contributed by atoms with Crippen LogP contribution in [0.2, 0.25) is 0 Å². The maximum absolute atomic E-state index is 12.7. The van der Waals surface area contributed by atoms with E-state index in [1.807, 2.05) is 0 Å². The maximum Gasteiger partial charge on any atom is 0.252 e. The van der Waals surface area contributed by atoms with E-state index in [0.717, 1.165) is 12.8 Å². The molecule has 20 heavy (non-hydrogen) atoms. The molecule has 0 spiro atoms. The van der Waals surface area contributed by atoms with E-state index in [1.54, 1.807) is 15.8 Å². The van der Waals surface area contributed by atoms with Crippen molar-refractivity contribution in [1.29, 1.82) is 0 Å². The lowest BCUT2D eigenvalue weighted by atomic mass is 10.1. The van der Waals surface area contributed by atoms with Crippen LogP contribution in [0, 0.1) is 0 Å². The zero-order chi connectivity index (χ0) is 14.3. The first-order chi connectivity index (χ1) is 9.52. The van der Waals surface area contributed by atoms with Crippen LogP contribution >= 0.6 is 11.3 Å². The Morgan fingerprint density at radius 3 is 2.80 bits per heavy atom. The van der Waals surface area contributed by atoms with Gasteiger partial charge >= 0.3 is 0 Å². The Bertz CT molecular complexity index is 584. The van der Waals surface area contributed by atoms with Gasteiger partial charge in [-0.15, -0.1) is 11.3 Å². The van der Waals surface area contributed by atoms with Gasteiger partial charge in [0.2, 0.25) is 0 Å². The Morgan fingerprint density at radius 2 is 2.10 bits per heavy atom. The Morgan fingerprint density at radius 1 is 1.35 bits per heavy atom. The minimum atomic E-state index is -3.41. The van der Waals surface area contributed by atoms with E-state index in [-0.39, 0.29) is 6.61 Å². The molecule has 2 bridgehead atoms. The van der Waals surface area contributed by atoms with Crippen LogP contribution in [0.3, 0.4) is 0 Å². The number of rotatable bonds is 3. The molecule has 2 saturated heterocycles. The summed E-state index contributed by atoms with van der Waals surface area (Å²) in [6.45, 7) is 1.07. The molecule has 0 saturated carbocycles. The van der Waals surface area contributed by atoms with Crippen molar-refractivity contribution in [3.8, 4) is 0 Å². The van der Waals surface area contributed by atoms with E-state index in [1.165, 1.54) is 17.8 Å². The van der Waals surface area contributed by atoms with Crippen LogP contribution in [0.1, 0.15) is 24.8 Å². The van der Waals surface area contributed by atoms with Gasteiger partial charge in [0.05, 0.1) is 6.61 Å². The van der Waals surface area contributed by atoms with E-state index in [4.69, 9.17) is 5.11 Å². The van der Waals surface area contributed by atoms with Crippen LogP contribution in [-0.2, 0) is 16.6 Å². The molecule has 0 aliphatic carbocycles. The predicted molar refractivity (Wildman–Crippen MR) is 78.2 cm³/mol. The van der Waals surface area contributed by atoms with Crippen molar-refractivity contribution >= 4 is 21.4 Å². The van der Waals surface area contributed by atoms with Gasteiger partial charge in [0.15, 0.2) is 0 Å².